The molecule has 0 aliphatic heterocycles. The molecule has 0 unspecified atom stereocenters. The molecule has 2 rings (SSSR count). The first-order chi connectivity index (χ1) is 7.79. The molecule has 0 bridgehead atoms. The minimum Gasteiger partial charge on any atom is -0.329 e. The summed E-state index contributed by atoms with van der Waals surface area (Å²) in [4.78, 5) is 5.47. The Kier molecular flexibility index (Phi) is 4.38. The highest BCUT2D eigenvalue weighted by atomic mass is 32.1. The zero-order valence-corrected chi connectivity index (χ0v) is 11.0. The Hall–Kier alpha value is -0.380. The maximum absolute atomic E-state index is 5.56. The van der Waals surface area contributed by atoms with Crippen LogP contribution >= 0.6 is 11.3 Å². The fourth-order valence-corrected chi connectivity index (χ4v) is 3.71. The van der Waals surface area contributed by atoms with Gasteiger partial charge >= 0.3 is 0 Å². The van der Waals surface area contributed by atoms with E-state index in [1.54, 1.807) is 10.4 Å². The Morgan fingerprint density at radius 3 is 2.94 bits per heavy atom. The first-order valence-corrected chi connectivity index (χ1v) is 7.10. The topological polar surface area (TPSA) is 29.3 Å². The van der Waals surface area contributed by atoms with Crippen molar-refractivity contribution in [2.45, 2.75) is 38.6 Å². The molecular formula is C13H22N2S. The summed E-state index contributed by atoms with van der Waals surface area (Å²) < 4.78 is 0. The molecule has 1 aromatic heterocycles. The lowest BCUT2D eigenvalue weighted by Gasteiger charge is -2.13. The molecule has 0 amide bonds. The molecule has 0 atom stereocenters. The van der Waals surface area contributed by atoms with Crippen LogP contribution in [0.3, 0.4) is 0 Å². The minimum atomic E-state index is 0.752. The van der Waals surface area contributed by atoms with Crippen molar-refractivity contribution in [3.05, 3.63) is 21.4 Å². The number of hydrogen-bond acceptors (Lipinski definition) is 3. The highest BCUT2D eigenvalue weighted by Crippen LogP contribution is 2.29. The molecule has 1 aliphatic carbocycles. The monoisotopic (exact) mass is 238 g/mol. The normalized spacial score (nSPS) is 16.2. The molecule has 0 saturated heterocycles. The molecule has 0 spiro atoms. The van der Waals surface area contributed by atoms with Crippen molar-refractivity contribution in [3.8, 4) is 0 Å². The fraction of sp³-hybridized carbons (Fsp3) is 0.692. The molecule has 2 N–H and O–H groups in total. The number of fused-ring (bicyclic) bond motifs is 1. The number of nitrogens with two attached hydrogens (primary N) is 1. The van der Waals surface area contributed by atoms with E-state index < -0.39 is 0 Å². The third-order valence-corrected chi connectivity index (χ3v) is 4.46. The van der Waals surface area contributed by atoms with Crippen molar-refractivity contribution in [3.63, 3.8) is 0 Å². The standard InChI is InChI=1S/C13H22N2S/c1-15(8-7-14)10-12-9-11-5-3-2-4-6-13(11)16-12/h9H,2-8,10,14H2,1H3. The van der Waals surface area contributed by atoms with E-state index >= 15 is 0 Å². The van der Waals surface area contributed by atoms with E-state index in [0.717, 1.165) is 19.6 Å². The van der Waals surface area contributed by atoms with E-state index in [-0.39, 0.29) is 0 Å². The molecule has 3 heteroatoms. The number of rotatable bonds is 4. The average Bonchev–Trinajstić information content (AvgIpc) is 2.48. The van der Waals surface area contributed by atoms with Gasteiger partial charge in [0.1, 0.15) is 0 Å². The molecule has 0 saturated carbocycles. The van der Waals surface area contributed by atoms with Gasteiger partial charge in [0.15, 0.2) is 0 Å². The Morgan fingerprint density at radius 2 is 2.12 bits per heavy atom. The van der Waals surface area contributed by atoms with Crippen LogP contribution in [0.4, 0.5) is 0 Å². The number of nitrogens with zero attached hydrogens (tertiary/aromatic N) is 1. The van der Waals surface area contributed by atoms with Crippen LogP contribution < -0.4 is 5.73 Å². The molecule has 16 heavy (non-hydrogen) atoms. The van der Waals surface area contributed by atoms with Gasteiger partial charge < -0.3 is 10.6 Å². The van der Waals surface area contributed by atoms with Gasteiger partial charge in [-0.25, -0.2) is 0 Å². The lowest BCUT2D eigenvalue weighted by atomic mass is 10.1. The van der Waals surface area contributed by atoms with Crippen molar-refractivity contribution < 1.29 is 0 Å². The van der Waals surface area contributed by atoms with E-state index in [2.05, 4.69) is 18.0 Å². The summed E-state index contributed by atoms with van der Waals surface area (Å²) in [5.41, 5.74) is 7.19. The molecule has 0 radical (unpaired) electrons. The van der Waals surface area contributed by atoms with Crippen LogP contribution in [0.15, 0.2) is 6.07 Å². The summed E-state index contributed by atoms with van der Waals surface area (Å²) in [5.74, 6) is 0. The van der Waals surface area contributed by atoms with Gasteiger partial charge in [-0.1, -0.05) is 6.42 Å². The summed E-state index contributed by atoms with van der Waals surface area (Å²) in [6.07, 6.45) is 6.77. The number of thiophene rings is 1. The molecule has 1 aliphatic rings. The van der Waals surface area contributed by atoms with Crippen LogP contribution in [-0.2, 0) is 19.4 Å². The highest BCUT2D eigenvalue weighted by molar-refractivity contribution is 7.12. The largest absolute Gasteiger partial charge is 0.329 e. The SMILES string of the molecule is CN(CCN)Cc1cc2c(s1)CCCCC2. The highest BCUT2D eigenvalue weighted by Gasteiger charge is 2.12. The first-order valence-electron chi connectivity index (χ1n) is 6.28. The lowest BCUT2D eigenvalue weighted by molar-refractivity contribution is 0.339. The van der Waals surface area contributed by atoms with E-state index in [0.29, 0.717) is 0 Å². The molecule has 2 nitrogen and oxygen atoms in total. The van der Waals surface area contributed by atoms with Crippen molar-refractivity contribution in [1.82, 2.24) is 4.90 Å². The van der Waals surface area contributed by atoms with Gasteiger partial charge in [-0.05, 0) is 44.4 Å². The average molecular weight is 238 g/mol. The summed E-state index contributed by atoms with van der Waals surface area (Å²) in [6.45, 7) is 2.80. The minimum absolute atomic E-state index is 0.752. The predicted molar refractivity (Wildman–Crippen MR) is 71.0 cm³/mol. The Balaban J connectivity index is 2.01. The molecule has 90 valence electrons. The lowest BCUT2D eigenvalue weighted by Crippen LogP contribution is -2.24. The number of aryl methyl sites for hydroxylation is 2. The Morgan fingerprint density at radius 1 is 1.31 bits per heavy atom. The van der Waals surface area contributed by atoms with Gasteiger partial charge in [0, 0.05) is 29.4 Å². The van der Waals surface area contributed by atoms with Crippen LogP contribution in [0.2, 0.25) is 0 Å². The second-order valence-electron chi connectivity index (χ2n) is 4.75. The molecule has 1 heterocycles. The maximum Gasteiger partial charge on any atom is 0.0325 e. The van der Waals surface area contributed by atoms with Crippen molar-refractivity contribution in [2.24, 2.45) is 5.73 Å². The van der Waals surface area contributed by atoms with Gasteiger partial charge in [-0.3, -0.25) is 0 Å². The number of hydrogen-bond donors (Lipinski definition) is 1. The van der Waals surface area contributed by atoms with Crippen LogP contribution in [0.25, 0.3) is 0 Å². The summed E-state index contributed by atoms with van der Waals surface area (Å²) >= 11 is 2.02. The van der Waals surface area contributed by atoms with Crippen LogP contribution in [0.1, 0.15) is 34.6 Å². The smallest absolute Gasteiger partial charge is 0.0325 e. The quantitative estimate of drug-likeness (QED) is 0.816. The molecule has 0 aromatic carbocycles. The third-order valence-electron chi connectivity index (χ3n) is 3.23. The van der Waals surface area contributed by atoms with Gasteiger partial charge in [-0.2, -0.15) is 0 Å². The van der Waals surface area contributed by atoms with Gasteiger partial charge in [0.25, 0.3) is 0 Å². The summed E-state index contributed by atoms with van der Waals surface area (Å²) in [7, 11) is 2.15. The van der Waals surface area contributed by atoms with E-state index in [9.17, 15) is 0 Å². The number of likely N-dealkylation sites (N-methyl/N-ethyl adjacent to an activating group) is 1. The maximum atomic E-state index is 5.56. The first kappa shape index (κ1) is 12.1. The zero-order chi connectivity index (χ0) is 11.4. The van der Waals surface area contributed by atoms with Crippen LogP contribution in [-0.4, -0.2) is 25.0 Å². The summed E-state index contributed by atoms with van der Waals surface area (Å²) in [6, 6.07) is 2.43. The van der Waals surface area contributed by atoms with E-state index in [1.807, 2.05) is 11.3 Å². The third kappa shape index (κ3) is 3.06. The predicted octanol–water partition coefficient (Wildman–Crippen LogP) is 2.41. The van der Waals surface area contributed by atoms with E-state index in [4.69, 9.17) is 5.73 Å². The second-order valence-corrected chi connectivity index (χ2v) is 5.97. The van der Waals surface area contributed by atoms with Crippen LogP contribution in [0, 0.1) is 0 Å². The molecular weight excluding hydrogens is 216 g/mol. The van der Waals surface area contributed by atoms with Gasteiger partial charge in [-0.15, -0.1) is 11.3 Å². The summed E-state index contributed by atoms with van der Waals surface area (Å²) in [5, 5.41) is 0. The van der Waals surface area contributed by atoms with Crippen LogP contribution in [0.5, 0.6) is 0 Å². The molecule has 0 fully saturated rings. The zero-order valence-electron chi connectivity index (χ0n) is 10.2. The fourth-order valence-electron chi connectivity index (χ4n) is 2.37. The van der Waals surface area contributed by atoms with Gasteiger partial charge in [0.05, 0.1) is 0 Å². The Bertz CT molecular complexity index is 309. The Labute approximate surface area is 102 Å². The molecule has 1 aromatic rings. The van der Waals surface area contributed by atoms with Crippen molar-refractivity contribution >= 4 is 11.3 Å². The van der Waals surface area contributed by atoms with Gasteiger partial charge in [0.2, 0.25) is 0 Å². The van der Waals surface area contributed by atoms with E-state index in [1.165, 1.54) is 37.0 Å². The van der Waals surface area contributed by atoms with Crippen molar-refractivity contribution in [1.29, 1.82) is 0 Å². The second kappa shape index (κ2) is 5.80. The van der Waals surface area contributed by atoms with Crippen molar-refractivity contribution in [2.75, 3.05) is 20.1 Å².